The summed E-state index contributed by atoms with van der Waals surface area (Å²) in [6, 6.07) is 13.3. The monoisotopic (exact) mass is 284 g/mol. The Hall–Kier alpha value is -1.58. The topological polar surface area (TPSA) is 30.9 Å². The van der Waals surface area contributed by atoms with Gasteiger partial charge in [0.1, 0.15) is 0 Å². The van der Waals surface area contributed by atoms with Crippen molar-refractivity contribution in [3.05, 3.63) is 58.4 Å². The Labute approximate surface area is 123 Å². The number of fused-ring (bicyclic) bond motifs is 1. The van der Waals surface area contributed by atoms with Gasteiger partial charge in [0.05, 0.1) is 0 Å². The molecule has 0 aliphatic carbocycles. The fourth-order valence-electron chi connectivity index (χ4n) is 2.69. The van der Waals surface area contributed by atoms with Crippen molar-refractivity contribution in [1.29, 1.82) is 0 Å². The number of thiophene rings is 1. The number of aromatic nitrogens is 1. The van der Waals surface area contributed by atoms with E-state index < -0.39 is 0 Å². The van der Waals surface area contributed by atoms with Gasteiger partial charge in [0.2, 0.25) is 0 Å². The molecule has 2 heterocycles. The van der Waals surface area contributed by atoms with Crippen LogP contribution < -0.4 is 5.73 Å². The van der Waals surface area contributed by atoms with E-state index in [-0.39, 0.29) is 6.04 Å². The molecule has 0 radical (unpaired) electrons. The molecule has 0 saturated heterocycles. The van der Waals surface area contributed by atoms with Gasteiger partial charge in [0, 0.05) is 34.6 Å². The molecule has 3 heteroatoms. The quantitative estimate of drug-likeness (QED) is 0.758. The lowest BCUT2D eigenvalue weighted by molar-refractivity contribution is 0.728. The summed E-state index contributed by atoms with van der Waals surface area (Å²) in [6.07, 6.45) is 4.23. The van der Waals surface area contributed by atoms with Crippen molar-refractivity contribution in [3.8, 4) is 0 Å². The SMILES string of the molecule is CC(N)Cc1cccc2c1ccn2CCc1cccs1. The van der Waals surface area contributed by atoms with Crippen LogP contribution in [-0.4, -0.2) is 10.6 Å². The number of hydrogen-bond acceptors (Lipinski definition) is 2. The van der Waals surface area contributed by atoms with Gasteiger partial charge in [-0.1, -0.05) is 18.2 Å². The molecule has 1 aromatic carbocycles. The Kier molecular flexibility index (Phi) is 3.90. The molecule has 3 rings (SSSR count). The van der Waals surface area contributed by atoms with Crippen LogP contribution in [0.2, 0.25) is 0 Å². The molecule has 20 heavy (non-hydrogen) atoms. The van der Waals surface area contributed by atoms with E-state index in [1.165, 1.54) is 21.3 Å². The molecule has 1 atom stereocenters. The first kappa shape index (κ1) is 13.4. The normalized spacial score (nSPS) is 12.9. The summed E-state index contributed by atoms with van der Waals surface area (Å²) >= 11 is 1.83. The molecule has 0 saturated carbocycles. The molecular weight excluding hydrogens is 264 g/mol. The number of hydrogen-bond donors (Lipinski definition) is 1. The van der Waals surface area contributed by atoms with Crippen LogP contribution in [0.4, 0.5) is 0 Å². The van der Waals surface area contributed by atoms with Crippen LogP contribution in [0, 0.1) is 0 Å². The van der Waals surface area contributed by atoms with E-state index in [0.29, 0.717) is 0 Å². The number of nitrogens with zero attached hydrogens (tertiary/aromatic N) is 1. The second-order valence-electron chi connectivity index (χ2n) is 5.37. The molecule has 0 fully saturated rings. The molecule has 2 aromatic heterocycles. The zero-order valence-electron chi connectivity index (χ0n) is 11.8. The van der Waals surface area contributed by atoms with Gasteiger partial charge in [0.25, 0.3) is 0 Å². The Morgan fingerprint density at radius 3 is 2.85 bits per heavy atom. The van der Waals surface area contributed by atoms with Crippen LogP contribution >= 0.6 is 11.3 Å². The Balaban J connectivity index is 1.85. The summed E-state index contributed by atoms with van der Waals surface area (Å²) in [5.41, 5.74) is 8.61. The Bertz CT molecular complexity index is 680. The number of aryl methyl sites for hydroxylation is 2. The number of nitrogens with two attached hydrogens (primary N) is 1. The fourth-order valence-corrected chi connectivity index (χ4v) is 3.39. The first-order valence-corrected chi connectivity index (χ1v) is 7.96. The third-order valence-corrected chi connectivity index (χ3v) is 4.56. The predicted octanol–water partition coefficient (Wildman–Crippen LogP) is 3.84. The van der Waals surface area contributed by atoms with E-state index in [1.54, 1.807) is 0 Å². The predicted molar refractivity (Wildman–Crippen MR) is 87.3 cm³/mol. The minimum absolute atomic E-state index is 0.204. The number of rotatable bonds is 5. The average Bonchev–Trinajstić information content (AvgIpc) is 3.05. The summed E-state index contributed by atoms with van der Waals surface area (Å²) in [6.45, 7) is 3.10. The van der Waals surface area contributed by atoms with E-state index >= 15 is 0 Å². The van der Waals surface area contributed by atoms with Gasteiger partial charge in [-0.3, -0.25) is 0 Å². The van der Waals surface area contributed by atoms with Gasteiger partial charge in [-0.2, -0.15) is 0 Å². The summed E-state index contributed by atoms with van der Waals surface area (Å²) < 4.78 is 2.35. The van der Waals surface area contributed by atoms with E-state index in [4.69, 9.17) is 5.73 Å². The lowest BCUT2D eigenvalue weighted by Gasteiger charge is -2.08. The highest BCUT2D eigenvalue weighted by Gasteiger charge is 2.07. The van der Waals surface area contributed by atoms with Crippen molar-refractivity contribution >= 4 is 22.2 Å². The van der Waals surface area contributed by atoms with Crippen molar-refractivity contribution < 1.29 is 0 Å². The van der Waals surface area contributed by atoms with Crippen molar-refractivity contribution in [2.24, 2.45) is 5.73 Å². The van der Waals surface area contributed by atoms with E-state index in [2.05, 4.69) is 59.5 Å². The van der Waals surface area contributed by atoms with E-state index in [1.807, 2.05) is 11.3 Å². The fraction of sp³-hybridized carbons (Fsp3) is 0.294. The van der Waals surface area contributed by atoms with Gasteiger partial charge in [-0.25, -0.2) is 0 Å². The third-order valence-electron chi connectivity index (χ3n) is 3.63. The maximum Gasteiger partial charge on any atom is 0.0483 e. The average molecular weight is 284 g/mol. The van der Waals surface area contributed by atoms with Gasteiger partial charge in [-0.05, 0) is 48.9 Å². The maximum atomic E-state index is 5.94. The van der Waals surface area contributed by atoms with Crippen LogP contribution in [0.25, 0.3) is 10.9 Å². The summed E-state index contributed by atoms with van der Waals surface area (Å²) in [4.78, 5) is 1.44. The minimum Gasteiger partial charge on any atom is -0.347 e. The van der Waals surface area contributed by atoms with Crippen molar-refractivity contribution in [2.45, 2.75) is 32.4 Å². The summed E-state index contributed by atoms with van der Waals surface area (Å²) in [5, 5.41) is 3.49. The van der Waals surface area contributed by atoms with Crippen molar-refractivity contribution in [1.82, 2.24) is 4.57 Å². The molecule has 0 spiro atoms. The lowest BCUT2D eigenvalue weighted by atomic mass is 10.0. The minimum atomic E-state index is 0.204. The molecule has 0 amide bonds. The third kappa shape index (κ3) is 2.79. The first-order valence-electron chi connectivity index (χ1n) is 7.09. The van der Waals surface area contributed by atoms with Crippen molar-refractivity contribution in [2.75, 3.05) is 0 Å². The molecule has 0 bridgehead atoms. The highest BCUT2D eigenvalue weighted by molar-refractivity contribution is 7.09. The second kappa shape index (κ2) is 5.81. The van der Waals surface area contributed by atoms with Crippen LogP contribution in [0.5, 0.6) is 0 Å². The van der Waals surface area contributed by atoms with Gasteiger partial charge >= 0.3 is 0 Å². The van der Waals surface area contributed by atoms with Gasteiger partial charge in [-0.15, -0.1) is 11.3 Å². The van der Waals surface area contributed by atoms with Gasteiger partial charge in [0.15, 0.2) is 0 Å². The van der Waals surface area contributed by atoms with Gasteiger partial charge < -0.3 is 10.3 Å². The largest absolute Gasteiger partial charge is 0.347 e. The molecule has 3 aromatic rings. The van der Waals surface area contributed by atoms with Crippen LogP contribution in [0.15, 0.2) is 48.0 Å². The molecule has 0 aliphatic rings. The first-order chi connectivity index (χ1) is 9.74. The zero-order chi connectivity index (χ0) is 13.9. The summed E-state index contributed by atoms with van der Waals surface area (Å²) in [7, 11) is 0. The Morgan fingerprint density at radius 1 is 1.20 bits per heavy atom. The Morgan fingerprint density at radius 2 is 2.10 bits per heavy atom. The van der Waals surface area contributed by atoms with Crippen LogP contribution in [-0.2, 0) is 19.4 Å². The van der Waals surface area contributed by atoms with Crippen molar-refractivity contribution in [3.63, 3.8) is 0 Å². The highest BCUT2D eigenvalue weighted by atomic mass is 32.1. The molecule has 2 nitrogen and oxygen atoms in total. The standard InChI is InChI=1S/C17H20N2S/c1-13(18)12-14-4-2-6-17-16(14)8-10-19(17)9-7-15-5-3-11-20-15/h2-6,8,10-11,13H,7,9,12,18H2,1H3. The highest BCUT2D eigenvalue weighted by Crippen LogP contribution is 2.22. The molecule has 2 N–H and O–H groups in total. The molecular formula is C17H20N2S. The van der Waals surface area contributed by atoms with Crippen LogP contribution in [0.3, 0.4) is 0 Å². The molecule has 104 valence electrons. The second-order valence-corrected chi connectivity index (χ2v) is 6.40. The van der Waals surface area contributed by atoms with E-state index in [0.717, 1.165) is 19.4 Å². The molecule has 0 aliphatic heterocycles. The maximum absolute atomic E-state index is 5.94. The number of benzene rings is 1. The zero-order valence-corrected chi connectivity index (χ0v) is 12.6. The summed E-state index contributed by atoms with van der Waals surface area (Å²) in [5.74, 6) is 0. The smallest absolute Gasteiger partial charge is 0.0483 e. The van der Waals surface area contributed by atoms with E-state index in [9.17, 15) is 0 Å². The van der Waals surface area contributed by atoms with Crippen LogP contribution in [0.1, 0.15) is 17.4 Å². The lowest BCUT2D eigenvalue weighted by Crippen LogP contribution is -2.17. The molecule has 1 unspecified atom stereocenters.